The van der Waals surface area contributed by atoms with E-state index in [4.69, 9.17) is 0 Å². The second kappa shape index (κ2) is 11.9. The minimum absolute atomic E-state index is 0.0538. The third kappa shape index (κ3) is 6.86. The zero-order valence-corrected chi connectivity index (χ0v) is 20.7. The van der Waals surface area contributed by atoms with Gasteiger partial charge in [0.1, 0.15) is 0 Å². The molecule has 0 aliphatic rings. The van der Waals surface area contributed by atoms with E-state index in [1.54, 1.807) is 30.5 Å². The number of nitrogens with zero attached hydrogens (tertiary/aromatic N) is 3. The molecule has 0 aliphatic carbocycles. The number of non-ortho nitro benzene ring substituents is 1. The van der Waals surface area contributed by atoms with Crippen LogP contribution in [0, 0.1) is 10.1 Å². The number of nitro benzene ring substituents is 1. The van der Waals surface area contributed by atoms with Crippen LogP contribution < -0.4 is 16.0 Å². The first kappa shape index (κ1) is 24.8. The minimum atomic E-state index is -0.427. The Labute approximate surface area is 216 Å². The van der Waals surface area contributed by atoms with E-state index in [0.29, 0.717) is 31.1 Å². The molecule has 0 atom stereocenters. The van der Waals surface area contributed by atoms with Crippen LogP contribution in [0.5, 0.6) is 0 Å². The maximum Gasteiger partial charge on any atom is 0.269 e. The summed E-state index contributed by atoms with van der Waals surface area (Å²) >= 11 is 3.43. The molecule has 3 aromatic carbocycles. The molecule has 4 aromatic rings. The number of carbonyl (C=O) groups is 1. The molecule has 1 heterocycles. The van der Waals surface area contributed by atoms with Crippen molar-refractivity contribution in [3.05, 3.63) is 111 Å². The second-order valence-electron chi connectivity index (χ2n) is 7.81. The van der Waals surface area contributed by atoms with Crippen molar-refractivity contribution in [1.82, 2.24) is 15.3 Å². The van der Waals surface area contributed by atoms with Gasteiger partial charge in [-0.2, -0.15) is 0 Å². The fourth-order valence-electron chi connectivity index (χ4n) is 3.41. The van der Waals surface area contributed by atoms with Crippen molar-refractivity contribution in [3.63, 3.8) is 0 Å². The molecular formula is C26H23BrN6O3. The highest BCUT2D eigenvalue weighted by molar-refractivity contribution is 9.10. The van der Waals surface area contributed by atoms with Gasteiger partial charge in [0.15, 0.2) is 0 Å². The van der Waals surface area contributed by atoms with Crippen molar-refractivity contribution in [3.8, 4) is 11.3 Å². The quantitative estimate of drug-likeness (QED) is 0.141. The number of benzene rings is 3. The highest BCUT2D eigenvalue weighted by atomic mass is 79.9. The molecular weight excluding hydrogens is 524 g/mol. The summed E-state index contributed by atoms with van der Waals surface area (Å²) in [6.07, 6.45) is 1.67. The van der Waals surface area contributed by atoms with Gasteiger partial charge in [-0.3, -0.25) is 14.9 Å². The largest absolute Gasteiger partial charge is 0.383 e. The predicted octanol–water partition coefficient (Wildman–Crippen LogP) is 5.27. The maximum absolute atomic E-state index is 12.5. The highest BCUT2D eigenvalue weighted by Gasteiger charge is 2.08. The number of amides is 1. The molecule has 36 heavy (non-hydrogen) atoms. The van der Waals surface area contributed by atoms with Gasteiger partial charge in [-0.25, -0.2) is 9.97 Å². The molecule has 1 amide bonds. The minimum Gasteiger partial charge on any atom is -0.383 e. The summed E-state index contributed by atoms with van der Waals surface area (Å²) < 4.78 is 0.970. The van der Waals surface area contributed by atoms with E-state index in [1.165, 1.54) is 12.1 Å². The van der Waals surface area contributed by atoms with E-state index in [2.05, 4.69) is 41.8 Å². The van der Waals surface area contributed by atoms with Gasteiger partial charge >= 0.3 is 0 Å². The second-order valence-corrected chi connectivity index (χ2v) is 8.73. The van der Waals surface area contributed by atoms with Crippen LogP contribution in [0.4, 0.5) is 17.3 Å². The van der Waals surface area contributed by atoms with Crippen molar-refractivity contribution in [2.24, 2.45) is 0 Å². The maximum atomic E-state index is 12.5. The van der Waals surface area contributed by atoms with Gasteiger partial charge in [0, 0.05) is 59.3 Å². The van der Waals surface area contributed by atoms with Gasteiger partial charge in [0.25, 0.3) is 11.6 Å². The number of anilines is 2. The van der Waals surface area contributed by atoms with E-state index in [1.807, 2.05) is 42.5 Å². The Hall–Kier alpha value is -4.31. The number of hydrogen-bond donors (Lipinski definition) is 3. The Morgan fingerprint density at radius 1 is 0.944 bits per heavy atom. The zero-order chi connectivity index (χ0) is 25.3. The summed E-state index contributed by atoms with van der Waals surface area (Å²) in [4.78, 5) is 31.6. The van der Waals surface area contributed by atoms with Crippen LogP contribution in [0.25, 0.3) is 11.3 Å². The van der Waals surface area contributed by atoms with E-state index in [0.717, 1.165) is 27.0 Å². The molecule has 3 N–H and O–H groups in total. The monoisotopic (exact) mass is 546 g/mol. The van der Waals surface area contributed by atoms with Crippen LogP contribution in [0.15, 0.2) is 89.5 Å². The van der Waals surface area contributed by atoms with Crippen molar-refractivity contribution in [1.29, 1.82) is 0 Å². The van der Waals surface area contributed by atoms with E-state index >= 15 is 0 Å². The molecule has 9 nitrogen and oxygen atoms in total. The number of nitro groups is 1. The Balaban J connectivity index is 1.28. The van der Waals surface area contributed by atoms with Crippen LogP contribution in [-0.2, 0) is 6.54 Å². The van der Waals surface area contributed by atoms with Gasteiger partial charge in [-0.15, -0.1) is 0 Å². The molecule has 0 saturated heterocycles. The number of nitrogens with one attached hydrogen (secondary N) is 3. The van der Waals surface area contributed by atoms with Gasteiger partial charge < -0.3 is 16.0 Å². The fourth-order valence-corrected chi connectivity index (χ4v) is 3.86. The van der Waals surface area contributed by atoms with Crippen molar-refractivity contribution < 1.29 is 9.72 Å². The van der Waals surface area contributed by atoms with Gasteiger partial charge in [-0.1, -0.05) is 40.2 Å². The standard InChI is InChI=1S/C26H23BrN6O3/c27-21-3-1-2-18(16-21)17-31-25(34)20-6-4-19(5-7-20)24-12-13-29-26(32-24)30-15-14-28-22-8-10-23(11-9-22)33(35)36/h1-13,16,28H,14-15,17H2,(H,31,34)(H,29,30,32). The number of aromatic nitrogens is 2. The third-order valence-corrected chi connectivity index (χ3v) is 5.75. The van der Waals surface area contributed by atoms with Crippen molar-refractivity contribution in [2.75, 3.05) is 23.7 Å². The number of hydrogen-bond acceptors (Lipinski definition) is 7. The van der Waals surface area contributed by atoms with E-state index in [-0.39, 0.29) is 11.6 Å². The fraction of sp³-hybridized carbons (Fsp3) is 0.115. The number of halogens is 1. The normalized spacial score (nSPS) is 10.5. The van der Waals surface area contributed by atoms with Crippen LogP contribution in [0.1, 0.15) is 15.9 Å². The molecule has 0 aliphatic heterocycles. The molecule has 0 bridgehead atoms. The number of rotatable bonds is 10. The average Bonchev–Trinajstić information content (AvgIpc) is 2.90. The summed E-state index contributed by atoms with van der Waals surface area (Å²) in [5, 5.41) is 20.0. The lowest BCUT2D eigenvalue weighted by molar-refractivity contribution is -0.384. The Kier molecular flexibility index (Phi) is 8.20. The van der Waals surface area contributed by atoms with Crippen LogP contribution in [0.3, 0.4) is 0 Å². The van der Waals surface area contributed by atoms with Gasteiger partial charge in [-0.05, 0) is 48.0 Å². The average molecular weight is 547 g/mol. The Morgan fingerprint density at radius 2 is 1.69 bits per heavy atom. The van der Waals surface area contributed by atoms with Crippen LogP contribution in [0.2, 0.25) is 0 Å². The Morgan fingerprint density at radius 3 is 2.42 bits per heavy atom. The first-order valence-corrected chi connectivity index (χ1v) is 12.0. The van der Waals surface area contributed by atoms with Crippen molar-refractivity contribution in [2.45, 2.75) is 6.54 Å². The molecule has 1 aromatic heterocycles. The van der Waals surface area contributed by atoms with Crippen LogP contribution >= 0.6 is 15.9 Å². The molecule has 0 fully saturated rings. The summed E-state index contributed by atoms with van der Waals surface area (Å²) in [5.41, 5.74) is 4.03. The first-order valence-electron chi connectivity index (χ1n) is 11.2. The highest BCUT2D eigenvalue weighted by Crippen LogP contribution is 2.19. The third-order valence-electron chi connectivity index (χ3n) is 5.26. The molecule has 0 radical (unpaired) electrons. The van der Waals surface area contributed by atoms with Crippen molar-refractivity contribution >= 4 is 39.2 Å². The molecule has 0 unspecified atom stereocenters. The summed E-state index contributed by atoms with van der Waals surface area (Å²) in [6.45, 7) is 1.58. The van der Waals surface area contributed by atoms with E-state index in [9.17, 15) is 14.9 Å². The smallest absolute Gasteiger partial charge is 0.269 e. The van der Waals surface area contributed by atoms with Gasteiger partial charge in [0.2, 0.25) is 5.95 Å². The topological polar surface area (TPSA) is 122 Å². The zero-order valence-electron chi connectivity index (χ0n) is 19.1. The Bertz CT molecular complexity index is 1350. The molecule has 0 saturated carbocycles. The molecule has 10 heteroatoms. The number of carbonyl (C=O) groups excluding carboxylic acids is 1. The summed E-state index contributed by atoms with van der Waals surface area (Å²) in [5.74, 6) is 0.334. The lowest BCUT2D eigenvalue weighted by atomic mass is 10.1. The molecule has 182 valence electrons. The van der Waals surface area contributed by atoms with Crippen LogP contribution in [-0.4, -0.2) is 33.9 Å². The lowest BCUT2D eigenvalue weighted by Gasteiger charge is -2.09. The first-order chi connectivity index (χ1) is 17.5. The predicted molar refractivity (Wildman–Crippen MR) is 143 cm³/mol. The summed E-state index contributed by atoms with van der Waals surface area (Å²) in [6, 6.07) is 23.1. The summed E-state index contributed by atoms with van der Waals surface area (Å²) in [7, 11) is 0. The molecule has 0 spiro atoms. The SMILES string of the molecule is O=C(NCc1cccc(Br)c1)c1ccc(-c2ccnc(NCCNc3ccc([N+](=O)[O-])cc3)n2)cc1. The molecule has 4 rings (SSSR count). The van der Waals surface area contributed by atoms with Gasteiger partial charge in [0.05, 0.1) is 10.6 Å². The lowest BCUT2D eigenvalue weighted by Crippen LogP contribution is -2.22. The van der Waals surface area contributed by atoms with E-state index < -0.39 is 4.92 Å².